The molecule has 2 saturated heterocycles. The van der Waals surface area contributed by atoms with Gasteiger partial charge in [0.25, 0.3) is 5.91 Å². The second-order valence-electron chi connectivity index (χ2n) is 8.21. The average molecular weight is 403 g/mol. The molecule has 0 N–H and O–H groups in total. The molecule has 2 fully saturated rings. The van der Waals surface area contributed by atoms with Crippen molar-refractivity contribution in [1.82, 2.24) is 14.7 Å². The minimum Gasteiger partial charge on any atom is -0.342 e. The van der Waals surface area contributed by atoms with E-state index in [9.17, 15) is 18.8 Å². The minimum atomic E-state index is -0.516. The number of halogens is 1. The molecule has 0 radical (unpaired) electrons. The first-order valence-electron chi connectivity index (χ1n) is 10.5. The first-order valence-corrected chi connectivity index (χ1v) is 10.5. The van der Waals surface area contributed by atoms with Crippen molar-refractivity contribution < 1.29 is 18.8 Å². The third-order valence-electron chi connectivity index (χ3n) is 5.85. The van der Waals surface area contributed by atoms with Crippen LogP contribution >= 0.6 is 0 Å². The number of benzene rings is 1. The van der Waals surface area contributed by atoms with E-state index in [-0.39, 0.29) is 35.1 Å². The van der Waals surface area contributed by atoms with Crippen LogP contribution in [0.2, 0.25) is 0 Å². The molecule has 0 aromatic heterocycles. The average Bonchev–Trinajstić information content (AvgIpc) is 2.99. The van der Waals surface area contributed by atoms with E-state index < -0.39 is 5.82 Å². The fourth-order valence-corrected chi connectivity index (χ4v) is 4.12. The van der Waals surface area contributed by atoms with Gasteiger partial charge < -0.3 is 14.7 Å². The summed E-state index contributed by atoms with van der Waals surface area (Å²) < 4.78 is 13.9. The quantitative estimate of drug-likeness (QED) is 0.779. The van der Waals surface area contributed by atoms with Gasteiger partial charge in [0, 0.05) is 51.1 Å². The number of rotatable bonds is 3. The fraction of sp³-hybridized carbons (Fsp3) is 0.591. The molecular weight excluding hydrogens is 373 g/mol. The zero-order valence-corrected chi connectivity index (χ0v) is 17.3. The Morgan fingerprint density at radius 1 is 0.897 bits per heavy atom. The number of hydrogen-bond acceptors (Lipinski definition) is 3. The Morgan fingerprint density at radius 3 is 2.17 bits per heavy atom. The van der Waals surface area contributed by atoms with Gasteiger partial charge in [0.1, 0.15) is 5.82 Å². The highest BCUT2D eigenvalue weighted by molar-refractivity contribution is 5.94. The molecule has 3 amide bonds. The molecule has 0 bridgehead atoms. The lowest BCUT2D eigenvalue weighted by molar-refractivity contribution is -0.142. The maximum Gasteiger partial charge on any atom is 0.256 e. The second-order valence-corrected chi connectivity index (χ2v) is 8.21. The maximum atomic E-state index is 13.9. The van der Waals surface area contributed by atoms with Gasteiger partial charge in [0.2, 0.25) is 11.8 Å². The minimum absolute atomic E-state index is 0.0224. The van der Waals surface area contributed by atoms with Crippen molar-refractivity contribution >= 4 is 17.7 Å². The smallest absolute Gasteiger partial charge is 0.256 e. The summed E-state index contributed by atoms with van der Waals surface area (Å²) in [5.74, 6) is -0.670. The molecule has 2 heterocycles. The highest BCUT2D eigenvalue weighted by Gasteiger charge is 2.32. The van der Waals surface area contributed by atoms with Gasteiger partial charge in [-0.05, 0) is 31.4 Å². The molecule has 0 saturated carbocycles. The van der Waals surface area contributed by atoms with Crippen LogP contribution < -0.4 is 0 Å². The van der Waals surface area contributed by atoms with Gasteiger partial charge in [0.15, 0.2) is 0 Å². The van der Waals surface area contributed by atoms with Crippen molar-refractivity contribution in [2.45, 2.75) is 33.1 Å². The summed E-state index contributed by atoms with van der Waals surface area (Å²) in [5.41, 5.74) is 0.0782. The summed E-state index contributed by atoms with van der Waals surface area (Å²) in [4.78, 5) is 43.1. The predicted octanol–water partition coefficient (Wildman–Crippen LogP) is 2.39. The molecule has 29 heavy (non-hydrogen) atoms. The standard InChI is InChI=1S/C22H30FN3O3/c1-16(2)20(27)26-12-8-17(9-13-26)21(28)24-10-5-11-25(15-14-24)22(29)18-6-3-4-7-19(18)23/h3-4,6-7,16-17H,5,8-15H2,1-2H3. The van der Waals surface area contributed by atoms with Crippen LogP contribution in [0.5, 0.6) is 0 Å². The van der Waals surface area contributed by atoms with Gasteiger partial charge in [0.05, 0.1) is 5.56 Å². The Kier molecular flexibility index (Phi) is 6.87. The summed E-state index contributed by atoms with van der Waals surface area (Å²) in [5, 5.41) is 0. The normalized spacial score (nSPS) is 18.7. The van der Waals surface area contributed by atoms with Crippen LogP contribution in [0.25, 0.3) is 0 Å². The summed E-state index contributed by atoms with van der Waals surface area (Å²) >= 11 is 0. The lowest BCUT2D eigenvalue weighted by Crippen LogP contribution is -2.46. The molecule has 2 aliphatic heterocycles. The predicted molar refractivity (Wildman–Crippen MR) is 108 cm³/mol. The molecule has 0 unspecified atom stereocenters. The number of piperidine rings is 1. The van der Waals surface area contributed by atoms with Crippen LogP contribution in [-0.4, -0.2) is 71.7 Å². The topological polar surface area (TPSA) is 60.9 Å². The van der Waals surface area contributed by atoms with E-state index in [1.54, 1.807) is 17.0 Å². The lowest BCUT2D eigenvalue weighted by atomic mass is 9.94. The number of carbonyl (C=O) groups is 3. The van der Waals surface area contributed by atoms with E-state index in [4.69, 9.17) is 0 Å². The molecule has 158 valence electrons. The number of likely N-dealkylation sites (tertiary alicyclic amines) is 1. The first-order chi connectivity index (χ1) is 13.9. The highest BCUT2D eigenvalue weighted by Crippen LogP contribution is 2.22. The molecular formula is C22H30FN3O3. The Labute approximate surface area is 171 Å². The number of amides is 3. The largest absolute Gasteiger partial charge is 0.342 e. The molecule has 0 spiro atoms. The Balaban J connectivity index is 1.54. The van der Waals surface area contributed by atoms with Crippen LogP contribution in [0.3, 0.4) is 0 Å². The van der Waals surface area contributed by atoms with Crippen LogP contribution in [0.4, 0.5) is 4.39 Å². The summed E-state index contributed by atoms with van der Waals surface area (Å²) in [6.45, 7) is 7.02. The van der Waals surface area contributed by atoms with Crippen molar-refractivity contribution in [1.29, 1.82) is 0 Å². The molecule has 6 nitrogen and oxygen atoms in total. The second kappa shape index (κ2) is 9.37. The number of nitrogens with zero attached hydrogens (tertiary/aromatic N) is 3. The van der Waals surface area contributed by atoms with Crippen LogP contribution in [-0.2, 0) is 9.59 Å². The molecule has 0 atom stereocenters. The van der Waals surface area contributed by atoms with Crippen LogP contribution in [0.15, 0.2) is 24.3 Å². The third-order valence-corrected chi connectivity index (χ3v) is 5.85. The van der Waals surface area contributed by atoms with E-state index in [0.717, 1.165) is 0 Å². The highest BCUT2D eigenvalue weighted by atomic mass is 19.1. The van der Waals surface area contributed by atoms with Gasteiger partial charge in [-0.3, -0.25) is 14.4 Å². The Hall–Kier alpha value is -2.44. The molecule has 1 aromatic carbocycles. The van der Waals surface area contributed by atoms with Gasteiger partial charge in [-0.25, -0.2) is 4.39 Å². The van der Waals surface area contributed by atoms with Crippen LogP contribution in [0.1, 0.15) is 43.5 Å². The molecule has 3 rings (SSSR count). The zero-order valence-electron chi connectivity index (χ0n) is 17.3. The summed E-state index contributed by atoms with van der Waals surface area (Å²) in [6, 6.07) is 6.00. The van der Waals surface area contributed by atoms with Gasteiger partial charge in [-0.1, -0.05) is 26.0 Å². The maximum absolute atomic E-state index is 13.9. The Morgan fingerprint density at radius 2 is 1.52 bits per heavy atom. The van der Waals surface area contributed by atoms with Crippen molar-refractivity contribution in [2.75, 3.05) is 39.3 Å². The van der Waals surface area contributed by atoms with Crippen LogP contribution in [0, 0.1) is 17.7 Å². The zero-order chi connectivity index (χ0) is 21.0. The van der Waals surface area contributed by atoms with Gasteiger partial charge in [-0.15, -0.1) is 0 Å². The first kappa shape index (κ1) is 21.3. The summed E-state index contributed by atoms with van der Waals surface area (Å²) in [6.07, 6.45) is 2.05. The van der Waals surface area contributed by atoms with E-state index in [0.29, 0.717) is 58.5 Å². The van der Waals surface area contributed by atoms with E-state index in [1.165, 1.54) is 12.1 Å². The van der Waals surface area contributed by atoms with Crippen molar-refractivity contribution in [3.8, 4) is 0 Å². The monoisotopic (exact) mass is 403 g/mol. The van der Waals surface area contributed by atoms with Crippen molar-refractivity contribution in [3.63, 3.8) is 0 Å². The van der Waals surface area contributed by atoms with Gasteiger partial charge in [-0.2, -0.15) is 0 Å². The van der Waals surface area contributed by atoms with Crippen molar-refractivity contribution in [2.24, 2.45) is 11.8 Å². The van der Waals surface area contributed by atoms with E-state index >= 15 is 0 Å². The third kappa shape index (κ3) is 4.95. The van der Waals surface area contributed by atoms with E-state index in [2.05, 4.69) is 0 Å². The SMILES string of the molecule is CC(C)C(=O)N1CCC(C(=O)N2CCCN(C(=O)c3ccccc3F)CC2)CC1. The molecule has 1 aromatic rings. The number of carbonyl (C=O) groups excluding carboxylic acids is 3. The molecule has 7 heteroatoms. The molecule has 0 aliphatic carbocycles. The molecule has 2 aliphatic rings. The Bertz CT molecular complexity index is 759. The van der Waals surface area contributed by atoms with Crippen molar-refractivity contribution in [3.05, 3.63) is 35.6 Å². The van der Waals surface area contributed by atoms with Gasteiger partial charge >= 0.3 is 0 Å². The lowest BCUT2D eigenvalue weighted by Gasteiger charge is -2.34. The number of hydrogen-bond donors (Lipinski definition) is 0. The summed E-state index contributed by atoms with van der Waals surface area (Å²) in [7, 11) is 0. The fourth-order valence-electron chi connectivity index (χ4n) is 4.12. The van der Waals surface area contributed by atoms with E-state index in [1.807, 2.05) is 23.6 Å².